The van der Waals surface area contributed by atoms with Gasteiger partial charge >= 0.3 is 0 Å². The van der Waals surface area contributed by atoms with Gasteiger partial charge in [0.1, 0.15) is 6.17 Å². The molecule has 6 heteroatoms. The van der Waals surface area contributed by atoms with Gasteiger partial charge in [-0.3, -0.25) is 19.3 Å². The second kappa shape index (κ2) is 7.11. The van der Waals surface area contributed by atoms with Crippen molar-refractivity contribution in [1.29, 1.82) is 0 Å². The molecule has 4 rings (SSSR count). The molecule has 0 unspecified atom stereocenters. The van der Waals surface area contributed by atoms with Crippen molar-refractivity contribution in [2.24, 2.45) is 0 Å². The SMILES string of the molecule is CC(C)NC(=O)CCCN1C(=O)c2ccccc2N2C(=O)c3ccccc3[C@@H]12. The second-order valence-corrected chi connectivity index (χ2v) is 7.48. The van der Waals surface area contributed by atoms with Crippen molar-refractivity contribution in [3.05, 3.63) is 65.2 Å². The average Bonchev–Trinajstić information content (AvgIpc) is 2.97. The summed E-state index contributed by atoms with van der Waals surface area (Å²) in [4.78, 5) is 41.7. The van der Waals surface area contributed by atoms with Crippen molar-refractivity contribution in [1.82, 2.24) is 10.2 Å². The van der Waals surface area contributed by atoms with E-state index in [4.69, 9.17) is 0 Å². The fourth-order valence-electron chi connectivity index (χ4n) is 4.00. The van der Waals surface area contributed by atoms with Gasteiger partial charge in [-0.25, -0.2) is 0 Å². The molecule has 0 bridgehead atoms. The maximum Gasteiger partial charge on any atom is 0.260 e. The standard InChI is InChI=1S/C22H23N3O3/c1-14(2)23-19(26)12-7-13-24-20-15-8-3-4-9-16(15)22(28)25(20)18-11-6-5-10-17(18)21(24)27/h3-6,8-11,14,20H,7,12-13H2,1-2H3,(H,23,26)/t20-/m0/s1. The predicted octanol–water partition coefficient (Wildman–Crippen LogP) is 3.11. The lowest BCUT2D eigenvalue weighted by Gasteiger charge is -2.41. The summed E-state index contributed by atoms with van der Waals surface area (Å²) in [5.41, 5.74) is 2.63. The van der Waals surface area contributed by atoms with Crippen LogP contribution in [0.4, 0.5) is 5.69 Å². The van der Waals surface area contributed by atoms with Crippen LogP contribution in [0.2, 0.25) is 0 Å². The largest absolute Gasteiger partial charge is 0.354 e. The first-order chi connectivity index (χ1) is 13.5. The van der Waals surface area contributed by atoms with Gasteiger partial charge in [-0.15, -0.1) is 0 Å². The minimum atomic E-state index is -0.459. The molecule has 2 aliphatic heterocycles. The Bertz CT molecular complexity index is 954. The monoisotopic (exact) mass is 377 g/mol. The van der Waals surface area contributed by atoms with Crippen LogP contribution >= 0.6 is 0 Å². The van der Waals surface area contributed by atoms with Crippen molar-refractivity contribution >= 4 is 23.4 Å². The normalized spacial score (nSPS) is 17.5. The molecule has 0 spiro atoms. The molecule has 2 aromatic carbocycles. The molecule has 0 aliphatic carbocycles. The maximum absolute atomic E-state index is 13.2. The molecule has 144 valence electrons. The first-order valence-electron chi connectivity index (χ1n) is 9.61. The third-order valence-electron chi connectivity index (χ3n) is 5.14. The molecular weight excluding hydrogens is 354 g/mol. The number of hydrogen-bond donors (Lipinski definition) is 1. The van der Waals surface area contributed by atoms with Crippen LogP contribution in [0.15, 0.2) is 48.5 Å². The molecule has 6 nitrogen and oxygen atoms in total. The van der Waals surface area contributed by atoms with Gasteiger partial charge in [0.25, 0.3) is 11.8 Å². The summed E-state index contributed by atoms with van der Waals surface area (Å²) in [6.07, 6.45) is 0.415. The molecule has 2 heterocycles. The van der Waals surface area contributed by atoms with Crippen molar-refractivity contribution in [2.75, 3.05) is 11.4 Å². The van der Waals surface area contributed by atoms with Crippen LogP contribution in [0.5, 0.6) is 0 Å². The number of rotatable bonds is 5. The quantitative estimate of drug-likeness (QED) is 0.870. The number of fused-ring (bicyclic) bond motifs is 5. The molecule has 1 N–H and O–H groups in total. The van der Waals surface area contributed by atoms with E-state index in [1.807, 2.05) is 44.2 Å². The molecule has 0 radical (unpaired) electrons. The fourth-order valence-corrected chi connectivity index (χ4v) is 4.00. The van der Waals surface area contributed by atoms with Crippen molar-refractivity contribution < 1.29 is 14.4 Å². The number of benzene rings is 2. The Hall–Kier alpha value is -3.15. The van der Waals surface area contributed by atoms with E-state index in [1.165, 1.54) is 0 Å². The van der Waals surface area contributed by atoms with E-state index < -0.39 is 6.17 Å². The van der Waals surface area contributed by atoms with Gasteiger partial charge in [0.15, 0.2) is 0 Å². The highest BCUT2D eigenvalue weighted by Gasteiger charge is 2.47. The topological polar surface area (TPSA) is 69.7 Å². The van der Waals surface area contributed by atoms with E-state index in [2.05, 4.69) is 5.32 Å². The van der Waals surface area contributed by atoms with E-state index >= 15 is 0 Å². The van der Waals surface area contributed by atoms with Gasteiger partial charge in [0.2, 0.25) is 5.91 Å². The molecule has 2 aromatic rings. The van der Waals surface area contributed by atoms with E-state index in [0.717, 1.165) is 5.56 Å². The zero-order valence-corrected chi connectivity index (χ0v) is 16.0. The van der Waals surface area contributed by atoms with Gasteiger partial charge in [-0.1, -0.05) is 30.3 Å². The Morgan fingerprint density at radius 2 is 1.68 bits per heavy atom. The first kappa shape index (κ1) is 18.2. The number of carbonyl (C=O) groups is 3. The van der Waals surface area contributed by atoms with Gasteiger partial charge in [0, 0.05) is 30.1 Å². The Balaban J connectivity index is 1.65. The van der Waals surface area contributed by atoms with E-state index in [9.17, 15) is 14.4 Å². The lowest BCUT2D eigenvalue weighted by atomic mass is 10.0. The second-order valence-electron chi connectivity index (χ2n) is 7.48. The van der Waals surface area contributed by atoms with Crippen LogP contribution in [0.3, 0.4) is 0 Å². The number of hydrogen-bond acceptors (Lipinski definition) is 3. The average molecular weight is 377 g/mol. The third kappa shape index (κ3) is 2.95. The van der Waals surface area contributed by atoms with Crippen LogP contribution in [-0.2, 0) is 4.79 Å². The zero-order chi connectivity index (χ0) is 19.8. The number of anilines is 1. The fraction of sp³-hybridized carbons (Fsp3) is 0.318. The molecule has 0 saturated carbocycles. The number of amides is 3. The summed E-state index contributed by atoms with van der Waals surface area (Å²) in [5.74, 6) is -0.228. The van der Waals surface area contributed by atoms with Gasteiger partial charge in [-0.2, -0.15) is 0 Å². The van der Waals surface area contributed by atoms with Crippen LogP contribution in [-0.4, -0.2) is 35.2 Å². The minimum Gasteiger partial charge on any atom is -0.354 e. The molecule has 0 saturated heterocycles. The highest BCUT2D eigenvalue weighted by atomic mass is 16.2. The number of nitrogens with zero attached hydrogens (tertiary/aromatic N) is 2. The summed E-state index contributed by atoms with van der Waals surface area (Å²) < 4.78 is 0. The van der Waals surface area contributed by atoms with Gasteiger partial charge in [-0.05, 0) is 38.5 Å². The Labute approximate surface area is 164 Å². The van der Waals surface area contributed by atoms with Crippen LogP contribution < -0.4 is 10.2 Å². The summed E-state index contributed by atoms with van der Waals surface area (Å²) in [7, 11) is 0. The molecule has 0 aromatic heterocycles. The molecule has 1 atom stereocenters. The number of nitrogens with one attached hydrogen (secondary N) is 1. The van der Waals surface area contributed by atoms with Gasteiger partial charge < -0.3 is 10.2 Å². The number of para-hydroxylation sites is 1. The van der Waals surface area contributed by atoms with E-state index in [-0.39, 0.29) is 23.8 Å². The van der Waals surface area contributed by atoms with E-state index in [0.29, 0.717) is 36.2 Å². The Morgan fingerprint density at radius 3 is 2.43 bits per heavy atom. The summed E-state index contributed by atoms with van der Waals surface area (Å²) in [6, 6.07) is 14.7. The van der Waals surface area contributed by atoms with Crippen molar-refractivity contribution in [2.45, 2.75) is 38.9 Å². The summed E-state index contributed by atoms with van der Waals surface area (Å²) >= 11 is 0. The zero-order valence-electron chi connectivity index (χ0n) is 16.0. The lowest BCUT2D eigenvalue weighted by molar-refractivity contribution is -0.121. The maximum atomic E-state index is 13.2. The Morgan fingerprint density at radius 1 is 1.00 bits per heavy atom. The predicted molar refractivity (Wildman–Crippen MR) is 106 cm³/mol. The molecule has 28 heavy (non-hydrogen) atoms. The lowest BCUT2D eigenvalue weighted by Crippen LogP contribution is -2.48. The summed E-state index contributed by atoms with van der Waals surface area (Å²) in [5, 5.41) is 2.87. The van der Waals surface area contributed by atoms with Crippen molar-refractivity contribution in [3.8, 4) is 0 Å². The molecular formula is C22H23N3O3. The van der Waals surface area contributed by atoms with Crippen LogP contribution in [0.1, 0.15) is 59.1 Å². The van der Waals surface area contributed by atoms with Crippen molar-refractivity contribution in [3.63, 3.8) is 0 Å². The number of carbonyl (C=O) groups excluding carboxylic acids is 3. The van der Waals surface area contributed by atoms with E-state index in [1.54, 1.807) is 28.0 Å². The minimum absolute atomic E-state index is 0.0281. The highest BCUT2D eigenvalue weighted by molar-refractivity contribution is 6.16. The van der Waals surface area contributed by atoms with Gasteiger partial charge in [0.05, 0.1) is 11.3 Å². The molecule has 2 aliphatic rings. The first-order valence-corrected chi connectivity index (χ1v) is 9.61. The molecule has 0 fully saturated rings. The Kier molecular flexibility index (Phi) is 4.63. The van der Waals surface area contributed by atoms with Crippen LogP contribution in [0.25, 0.3) is 0 Å². The molecule has 3 amide bonds. The third-order valence-corrected chi connectivity index (χ3v) is 5.14. The summed E-state index contributed by atoms with van der Waals surface area (Å²) in [6.45, 7) is 4.24. The highest BCUT2D eigenvalue weighted by Crippen LogP contribution is 2.45. The smallest absolute Gasteiger partial charge is 0.260 e. The van der Waals surface area contributed by atoms with Crippen LogP contribution in [0, 0.1) is 0 Å².